The Bertz CT molecular complexity index is 49.5. The molecule has 0 radical (unpaired) electrons. The van der Waals surface area contributed by atoms with Crippen molar-refractivity contribution in [1.82, 2.24) is 0 Å². The summed E-state index contributed by atoms with van der Waals surface area (Å²) in [5.41, 5.74) is 0. The maximum Gasteiger partial charge on any atom is -0.000209 e. The van der Waals surface area contributed by atoms with Crippen LogP contribution in [0.15, 0.2) is 0 Å². The lowest BCUT2D eigenvalue weighted by Crippen LogP contribution is -1.99. The van der Waals surface area contributed by atoms with Crippen LogP contribution in [0.2, 0.25) is 0 Å². The van der Waals surface area contributed by atoms with Gasteiger partial charge in [-0.25, -0.2) is 0 Å². The van der Waals surface area contributed by atoms with Gasteiger partial charge >= 0.3 is 0 Å². The van der Waals surface area contributed by atoms with Gasteiger partial charge in [0.1, 0.15) is 0 Å². The third-order valence-electron chi connectivity index (χ3n) is 1.61. The van der Waals surface area contributed by atoms with Crippen LogP contribution in [0.1, 0.15) is 41.0 Å². The topological polar surface area (TPSA) is 0 Å². The number of hydrogen-bond donors (Lipinski definition) is 0. The molecule has 0 spiro atoms. The average molecular weight is 384 g/mol. The van der Waals surface area contributed by atoms with E-state index in [0.29, 0.717) is 0 Å². The van der Waals surface area contributed by atoms with Crippen molar-refractivity contribution in [3.8, 4) is 0 Å². The number of rotatable bonds is 5. The Labute approximate surface area is 100 Å². The highest BCUT2D eigenvalue weighted by Crippen LogP contribution is 2.15. The number of alkyl halides is 2. The fourth-order valence-corrected chi connectivity index (χ4v) is 2.62. The Balaban J connectivity index is -0.000000320. The molecule has 0 atom stereocenters. The second kappa shape index (κ2) is 14.0. The first kappa shape index (κ1) is 18.3. The highest BCUT2D eigenvalue weighted by molar-refractivity contribution is 14.1. The lowest BCUT2D eigenvalue weighted by molar-refractivity contribution is 0.490. The van der Waals surface area contributed by atoms with Crippen LogP contribution in [0, 0.1) is 5.92 Å². The zero-order valence-corrected chi connectivity index (χ0v) is 10.2. The molecule has 0 unspecified atom stereocenters. The molecule has 0 saturated carbocycles. The molecule has 0 heterocycles. The van der Waals surface area contributed by atoms with Gasteiger partial charge in [0.05, 0.1) is 0 Å². The number of halogens is 2. The molecule has 11 heavy (non-hydrogen) atoms. The zero-order valence-electron chi connectivity index (χ0n) is 5.87. The smallest absolute Gasteiger partial charge is 0.000209 e. The van der Waals surface area contributed by atoms with Crippen LogP contribution in [0.4, 0.5) is 0 Å². The van der Waals surface area contributed by atoms with E-state index >= 15 is 0 Å². The monoisotopic (exact) mass is 384 g/mol. The van der Waals surface area contributed by atoms with Gasteiger partial charge in [-0.1, -0.05) is 73.4 Å². The first-order valence-corrected chi connectivity index (χ1v) is 6.52. The van der Waals surface area contributed by atoms with Gasteiger partial charge in [0, 0.05) is 0 Å². The molecule has 0 aliphatic carbocycles. The Morgan fingerprint density at radius 2 is 1.36 bits per heavy atom. The van der Waals surface area contributed by atoms with Crippen LogP contribution in [-0.4, -0.2) is 8.86 Å². The van der Waals surface area contributed by atoms with Crippen molar-refractivity contribution < 1.29 is 0 Å². The normalized spacial score (nSPS) is 8.73. The Morgan fingerprint density at radius 3 is 1.55 bits per heavy atom. The summed E-state index contributed by atoms with van der Waals surface area (Å²) in [6, 6.07) is 0. The highest BCUT2D eigenvalue weighted by atomic mass is 127. The second-order valence-corrected chi connectivity index (χ2v) is 4.39. The van der Waals surface area contributed by atoms with Crippen LogP contribution < -0.4 is 0 Å². The van der Waals surface area contributed by atoms with E-state index in [4.69, 9.17) is 0 Å². The quantitative estimate of drug-likeness (QED) is 0.466. The highest BCUT2D eigenvalue weighted by Gasteiger charge is 2.02. The Morgan fingerprint density at radius 1 is 1.00 bits per heavy atom. The van der Waals surface area contributed by atoms with Crippen molar-refractivity contribution >= 4 is 45.2 Å². The number of hydrogen-bond acceptors (Lipinski definition) is 0. The summed E-state index contributed by atoms with van der Waals surface area (Å²) < 4.78 is 2.65. The second-order valence-electron chi connectivity index (χ2n) is 2.23. The molecule has 0 amide bonds. The third kappa shape index (κ3) is 11.5. The first-order chi connectivity index (χ1) is 4.35. The molecule has 0 aromatic heterocycles. The molecule has 0 rings (SSSR count). The van der Waals surface area contributed by atoms with E-state index in [-0.39, 0.29) is 14.9 Å². The molecule has 0 fully saturated rings. The van der Waals surface area contributed by atoms with Gasteiger partial charge in [-0.3, -0.25) is 0 Å². The predicted octanol–water partition coefficient (Wildman–Crippen LogP) is 4.94. The van der Waals surface area contributed by atoms with Gasteiger partial charge in [0.15, 0.2) is 0 Å². The fraction of sp³-hybridized carbons (Fsp3) is 1.00. The fourth-order valence-electron chi connectivity index (χ4n) is 0.861. The minimum atomic E-state index is 0. The van der Waals surface area contributed by atoms with Gasteiger partial charge < -0.3 is 0 Å². The average Bonchev–Trinajstić information content (AvgIpc) is 1.88. The SMILES string of the molecule is C.C.CCC(CCI)CCI. The third-order valence-corrected chi connectivity index (χ3v) is 2.86. The van der Waals surface area contributed by atoms with Gasteiger partial charge in [0.25, 0.3) is 0 Å². The molecule has 0 N–H and O–H groups in total. The van der Waals surface area contributed by atoms with Crippen LogP contribution >= 0.6 is 45.2 Å². The molecule has 0 bridgehead atoms. The van der Waals surface area contributed by atoms with Crippen molar-refractivity contribution in [2.75, 3.05) is 8.86 Å². The van der Waals surface area contributed by atoms with E-state index in [9.17, 15) is 0 Å². The maximum atomic E-state index is 2.46. The van der Waals surface area contributed by atoms with Gasteiger partial charge in [-0.05, 0) is 27.6 Å². The molecule has 72 valence electrons. The van der Waals surface area contributed by atoms with Gasteiger partial charge in [0.2, 0.25) is 0 Å². The molecule has 0 aliphatic heterocycles. The van der Waals surface area contributed by atoms with Crippen molar-refractivity contribution in [1.29, 1.82) is 0 Å². The van der Waals surface area contributed by atoms with E-state index in [0.717, 1.165) is 5.92 Å². The van der Waals surface area contributed by atoms with Crippen molar-refractivity contribution in [3.63, 3.8) is 0 Å². The van der Waals surface area contributed by atoms with E-state index in [1.54, 1.807) is 0 Å². The molecule has 0 aliphatic rings. The summed E-state index contributed by atoms with van der Waals surface area (Å²) in [7, 11) is 0. The van der Waals surface area contributed by atoms with Crippen LogP contribution in [0.5, 0.6) is 0 Å². The summed E-state index contributed by atoms with van der Waals surface area (Å²) in [5, 5.41) is 0. The molecule has 2 heteroatoms. The van der Waals surface area contributed by atoms with E-state index in [2.05, 4.69) is 52.1 Å². The van der Waals surface area contributed by atoms with Gasteiger partial charge in [-0.15, -0.1) is 0 Å². The summed E-state index contributed by atoms with van der Waals surface area (Å²) in [5.74, 6) is 0.999. The standard InChI is InChI=1S/C7H14I2.2CH4/c1-2-7(3-5-8)4-6-9;;/h7H,2-6H2,1H3;2*1H4. The van der Waals surface area contributed by atoms with E-state index in [1.165, 1.54) is 28.1 Å². The zero-order chi connectivity index (χ0) is 7.11. The van der Waals surface area contributed by atoms with Crippen LogP contribution in [-0.2, 0) is 0 Å². The minimum Gasteiger partial charge on any atom is -0.0864 e. The Kier molecular flexibility index (Phi) is 23.3. The van der Waals surface area contributed by atoms with E-state index < -0.39 is 0 Å². The van der Waals surface area contributed by atoms with Crippen LogP contribution in [0.3, 0.4) is 0 Å². The van der Waals surface area contributed by atoms with Crippen molar-refractivity contribution in [3.05, 3.63) is 0 Å². The molecule has 0 nitrogen and oxygen atoms in total. The largest absolute Gasteiger partial charge is 0.0864 e. The lowest BCUT2D eigenvalue weighted by atomic mass is 10.0. The molecular weight excluding hydrogens is 362 g/mol. The van der Waals surface area contributed by atoms with Crippen molar-refractivity contribution in [2.24, 2.45) is 5.92 Å². The van der Waals surface area contributed by atoms with Crippen LogP contribution in [0.25, 0.3) is 0 Å². The molecule has 0 aromatic carbocycles. The maximum absolute atomic E-state index is 2.46. The predicted molar refractivity (Wildman–Crippen MR) is 74.3 cm³/mol. The summed E-state index contributed by atoms with van der Waals surface area (Å²) >= 11 is 4.93. The van der Waals surface area contributed by atoms with E-state index in [1.807, 2.05) is 0 Å². The summed E-state index contributed by atoms with van der Waals surface area (Å²) in [6.45, 7) is 2.29. The summed E-state index contributed by atoms with van der Waals surface area (Å²) in [6.07, 6.45) is 4.20. The van der Waals surface area contributed by atoms with Gasteiger partial charge in [-0.2, -0.15) is 0 Å². The molecule has 0 saturated heterocycles. The minimum absolute atomic E-state index is 0. The molecular formula is C9H22I2. The first-order valence-electron chi connectivity index (χ1n) is 3.47. The Hall–Kier alpha value is 1.46. The molecule has 0 aromatic rings. The summed E-state index contributed by atoms with van der Waals surface area (Å²) in [4.78, 5) is 0. The lowest BCUT2D eigenvalue weighted by Gasteiger charge is -2.09. The van der Waals surface area contributed by atoms with Crippen molar-refractivity contribution in [2.45, 2.75) is 41.0 Å².